The number of rotatable bonds is 6. The molecule has 0 fully saturated rings. The van der Waals surface area contributed by atoms with Crippen molar-refractivity contribution in [3.63, 3.8) is 0 Å². The third kappa shape index (κ3) is 4.03. The molecule has 2 aromatic carbocycles. The Balaban J connectivity index is 2.32. The Kier molecular flexibility index (Phi) is 6.15. The zero-order valence-electron chi connectivity index (χ0n) is 14.7. The molecular formula is C19H23NO3S. The first-order valence-electron chi connectivity index (χ1n) is 7.73. The predicted molar refractivity (Wildman–Crippen MR) is 99.7 cm³/mol. The van der Waals surface area contributed by atoms with Gasteiger partial charge in [-0.15, -0.1) is 11.8 Å². The highest BCUT2D eigenvalue weighted by atomic mass is 32.2. The Hall–Kier alpha value is -2.14. The molecule has 0 saturated heterocycles. The molecule has 0 unspecified atom stereocenters. The van der Waals surface area contributed by atoms with E-state index in [9.17, 15) is 4.79 Å². The Labute approximate surface area is 147 Å². The number of nitrogens with zero attached hydrogens (tertiary/aromatic N) is 1. The first kappa shape index (κ1) is 18.2. The van der Waals surface area contributed by atoms with Crippen molar-refractivity contribution in [1.82, 2.24) is 0 Å². The molecule has 5 heteroatoms. The lowest BCUT2D eigenvalue weighted by Gasteiger charge is -2.21. The van der Waals surface area contributed by atoms with Crippen LogP contribution in [0.3, 0.4) is 0 Å². The van der Waals surface area contributed by atoms with Crippen LogP contribution in [0, 0.1) is 0 Å². The molecule has 4 nitrogen and oxygen atoms in total. The number of para-hydroxylation sites is 1. The molecule has 0 aliphatic heterocycles. The summed E-state index contributed by atoms with van der Waals surface area (Å²) in [6.07, 6.45) is 2.04. The van der Waals surface area contributed by atoms with Gasteiger partial charge in [-0.25, -0.2) is 0 Å². The molecule has 2 rings (SSSR count). The van der Waals surface area contributed by atoms with Crippen LogP contribution in [-0.4, -0.2) is 32.4 Å². The lowest BCUT2D eigenvalue weighted by Crippen LogP contribution is -2.26. The van der Waals surface area contributed by atoms with E-state index in [1.807, 2.05) is 44.4 Å². The van der Waals surface area contributed by atoms with E-state index in [0.29, 0.717) is 17.1 Å². The van der Waals surface area contributed by atoms with Gasteiger partial charge in [0.1, 0.15) is 0 Å². The van der Waals surface area contributed by atoms with Crippen molar-refractivity contribution in [2.75, 3.05) is 25.3 Å². The smallest absolute Gasteiger partial charge is 0.258 e. The minimum Gasteiger partial charge on any atom is -0.493 e. The van der Waals surface area contributed by atoms with E-state index in [-0.39, 0.29) is 12.0 Å². The summed E-state index contributed by atoms with van der Waals surface area (Å²) in [7, 11) is 3.35. The van der Waals surface area contributed by atoms with Crippen LogP contribution < -0.4 is 14.4 Å². The monoisotopic (exact) mass is 345 g/mol. The van der Waals surface area contributed by atoms with Crippen LogP contribution in [0.2, 0.25) is 0 Å². The van der Waals surface area contributed by atoms with Gasteiger partial charge >= 0.3 is 0 Å². The largest absolute Gasteiger partial charge is 0.493 e. The molecule has 0 heterocycles. The van der Waals surface area contributed by atoms with E-state index in [1.54, 1.807) is 49.0 Å². The van der Waals surface area contributed by atoms with E-state index in [4.69, 9.17) is 9.47 Å². The highest BCUT2D eigenvalue weighted by Gasteiger charge is 2.18. The lowest BCUT2D eigenvalue weighted by atomic mass is 10.1. The van der Waals surface area contributed by atoms with Crippen LogP contribution >= 0.6 is 11.8 Å². The van der Waals surface area contributed by atoms with Crippen molar-refractivity contribution in [1.29, 1.82) is 0 Å². The first-order chi connectivity index (χ1) is 11.5. The van der Waals surface area contributed by atoms with Crippen molar-refractivity contribution >= 4 is 23.4 Å². The van der Waals surface area contributed by atoms with Gasteiger partial charge in [-0.1, -0.05) is 12.1 Å². The second-order valence-corrected chi connectivity index (χ2v) is 6.42. The molecule has 1 amide bonds. The van der Waals surface area contributed by atoms with E-state index in [0.717, 1.165) is 10.6 Å². The number of methoxy groups -OCH3 is 1. The predicted octanol–water partition coefficient (Wildman–Crippen LogP) is 4.48. The molecule has 0 aliphatic carbocycles. The van der Waals surface area contributed by atoms with Gasteiger partial charge < -0.3 is 14.4 Å². The molecule has 0 saturated carbocycles. The molecule has 0 spiro atoms. The summed E-state index contributed by atoms with van der Waals surface area (Å²) in [6.45, 7) is 3.90. The molecule has 128 valence electrons. The highest BCUT2D eigenvalue weighted by Crippen LogP contribution is 2.32. The number of carbonyl (C=O) groups excluding carboxylic acids is 1. The summed E-state index contributed by atoms with van der Waals surface area (Å²) < 4.78 is 11.1. The molecular weight excluding hydrogens is 322 g/mol. The van der Waals surface area contributed by atoms with E-state index in [1.165, 1.54) is 0 Å². The van der Waals surface area contributed by atoms with Crippen LogP contribution in [0.5, 0.6) is 11.5 Å². The highest BCUT2D eigenvalue weighted by molar-refractivity contribution is 7.98. The van der Waals surface area contributed by atoms with E-state index in [2.05, 4.69) is 0 Å². The van der Waals surface area contributed by atoms with Gasteiger partial charge in [-0.05, 0) is 50.4 Å². The standard InChI is InChI=1S/C19H23NO3S/c1-13(2)23-16-11-10-14(12-17(16)22-4)19(21)20(3)15-8-6-7-9-18(15)24-5/h6-13H,1-5H3. The number of carbonyl (C=O) groups is 1. The average Bonchev–Trinajstić information content (AvgIpc) is 2.60. The molecule has 0 radical (unpaired) electrons. The summed E-state index contributed by atoms with van der Waals surface area (Å²) >= 11 is 1.61. The summed E-state index contributed by atoms with van der Waals surface area (Å²) in [5.41, 5.74) is 1.44. The number of ether oxygens (including phenoxy) is 2. The third-order valence-corrected chi connectivity index (χ3v) is 4.31. The SMILES string of the molecule is COc1cc(C(=O)N(C)c2ccccc2SC)ccc1OC(C)C. The van der Waals surface area contributed by atoms with Crippen LogP contribution in [0.15, 0.2) is 47.4 Å². The van der Waals surface area contributed by atoms with Crippen LogP contribution in [0.1, 0.15) is 24.2 Å². The molecule has 0 N–H and O–H groups in total. The molecule has 24 heavy (non-hydrogen) atoms. The third-order valence-electron chi connectivity index (χ3n) is 3.52. The number of thioether (sulfide) groups is 1. The van der Waals surface area contributed by atoms with Crippen molar-refractivity contribution in [3.8, 4) is 11.5 Å². The van der Waals surface area contributed by atoms with Gasteiger partial charge in [0.15, 0.2) is 11.5 Å². The number of anilines is 1. The fourth-order valence-corrected chi connectivity index (χ4v) is 2.99. The number of amides is 1. The quantitative estimate of drug-likeness (QED) is 0.724. The van der Waals surface area contributed by atoms with Gasteiger partial charge in [0.2, 0.25) is 0 Å². The van der Waals surface area contributed by atoms with Gasteiger partial charge in [0.25, 0.3) is 5.91 Å². The Bertz CT molecular complexity index is 716. The summed E-state index contributed by atoms with van der Waals surface area (Å²) in [4.78, 5) is 15.5. The zero-order chi connectivity index (χ0) is 17.7. The Morgan fingerprint density at radius 1 is 1.12 bits per heavy atom. The lowest BCUT2D eigenvalue weighted by molar-refractivity contribution is 0.0992. The maximum absolute atomic E-state index is 12.8. The van der Waals surface area contributed by atoms with Crippen LogP contribution in [-0.2, 0) is 0 Å². The van der Waals surface area contributed by atoms with Crippen LogP contribution in [0.4, 0.5) is 5.69 Å². The van der Waals surface area contributed by atoms with Crippen molar-refractivity contribution < 1.29 is 14.3 Å². The zero-order valence-corrected chi connectivity index (χ0v) is 15.5. The minimum absolute atomic E-state index is 0.0385. The second-order valence-electron chi connectivity index (χ2n) is 5.57. The minimum atomic E-state index is -0.0918. The fraction of sp³-hybridized carbons (Fsp3) is 0.316. The average molecular weight is 345 g/mol. The molecule has 0 aromatic heterocycles. The summed E-state index contributed by atoms with van der Waals surface area (Å²) in [5, 5.41) is 0. The number of hydrogen-bond donors (Lipinski definition) is 0. The van der Waals surface area contributed by atoms with Gasteiger partial charge in [-0.3, -0.25) is 4.79 Å². The molecule has 0 bridgehead atoms. The van der Waals surface area contributed by atoms with Crippen molar-refractivity contribution in [2.24, 2.45) is 0 Å². The maximum Gasteiger partial charge on any atom is 0.258 e. The van der Waals surface area contributed by atoms with Crippen LogP contribution in [0.25, 0.3) is 0 Å². The molecule has 0 aliphatic rings. The second kappa shape index (κ2) is 8.11. The number of hydrogen-bond acceptors (Lipinski definition) is 4. The summed E-state index contributed by atoms with van der Waals surface area (Å²) in [6, 6.07) is 13.1. The Morgan fingerprint density at radius 2 is 1.83 bits per heavy atom. The van der Waals surface area contributed by atoms with Gasteiger partial charge in [0, 0.05) is 17.5 Å². The first-order valence-corrected chi connectivity index (χ1v) is 8.96. The topological polar surface area (TPSA) is 38.8 Å². The van der Waals surface area contributed by atoms with E-state index < -0.39 is 0 Å². The molecule has 0 atom stereocenters. The Morgan fingerprint density at radius 3 is 2.46 bits per heavy atom. The van der Waals surface area contributed by atoms with Crippen molar-refractivity contribution in [2.45, 2.75) is 24.8 Å². The number of benzene rings is 2. The fourth-order valence-electron chi connectivity index (χ4n) is 2.36. The molecule has 2 aromatic rings. The van der Waals surface area contributed by atoms with Crippen molar-refractivity contribution in [3.05, 3.63) is 48.0 Å². The van der Waals surface area contributed by atoms with Gasteiger partial charge in [0.05, 0.1) is 18.9 Å². The van der Waals surface area contributed by atoms with E-state index >= 15 is 0 Å². The normalized spacial score (nSPS) is 10.6. The maximum atomic E-state index is 12.8. The van der Waals surface area contributed by atoms with Gasteiger partial charge in [-0.2, -0.15) is 0 Å². The summed E-state index contributed by atoms with van der Waals surface area (Å²) in [5.74, 6) is 1.10.